The molecule has 0 saturated carbocycles. The fourth-order valence-corrected chi connectivity index (χ4v) is 4.39. The van der Waals surface area contributed by atoms with Crippen molar-refractivity contribution in [1.82, 2.24) is 10.0 Å². The maximum absolute atomic E-state index is 12.1. The van der Waals surface area contributed by atoms with Gasteiger partial charge in [-0.2, -0.15) is 13.2 Å². The van der Waals surface area contributed by atoms with Crippen molar-refractivity contribution in [1.29, 1.82) is 0 Å². The number of rotatable bonds is 7. The van der Waals surface area contributed by atoms with Gasteiger partial charge in [-0.05, 0) is 30.8 Å². The van der Waals surface area contributed by atoms with Gasteiger partial charge in [-0.15, -0.1) is 11.3 Å². The standard InChI is InChI=1S/C11H17F3N2O2S2/c1-3-4-15-5-9-10(8(2)6-19-9)20(17,18)16-7-11(12,13)14/h6,15-16H,3-5,7H2,1-2H3. The molecule has 0 amide bonds. The van der Waals surface area contributed by atoms with Crippen molar-refractivity contribution in [2.45, 2.75) is 37.9 Å². The van der Waals surface area contributed by atoms with Crippen molar-refractivity contribution in [3.8, 4) is 0 Å². The summed E-state index contributed by atoms with van der Waals surface area (Å²) in [4.78, 5) is 0.473. The van der Waals surface area contributed by atoms with Crippen LogP contribution in [0.25, 0.3) is 0 Å². The van der Waals surface area contributed by atoms with E-state index in [1.807, 2.05) is 6.92 Å². The monoisotopic (exact) mass is 330 g/mol. The summed E-state index contributed by atoms with van der Waals surface area (Å²) < 4.78 is 62.0. The van der Waals surface area contributed by atoms with Crippen LogP contribution in [0.3, 0.4) is 0 Å². The minimum Gasteiger partial charge on any atom is -0.312 e. The van der Waals surface area contributed by atoms with Gasteiger partial charge in [0.1, 0.15) is 11.4 Å². The van der Waals surface area contributed by atoms with Gasteiger partial charge in [0.05, 0.1) is 0 Å². The van der Waals surface area contributed by atoms with Crippen molar-refractivity contribution in [3.05, 3.63) is 15.8 Å². The quantitative estimate of drug-likeness (QED) is 0.755. The van der Waals surface area contributed by atoms with E-state index in [-0.39, 0.29) is 4.90 Å². The Hall–Kier alpha value is -0.640. The zero-order valence-corrected chi connectivity index (χ0v) is 12.8. The van der Waals surface area contributed by atoms with Crippen LogP contribution >= 0.6 is 11.3 Å². The summed E-state index contributed by atoms with van der Waals surface area (Å²) >= 11 is 1.22. The van der Waals surface area contributed by atoms with Gasteiger partial charge in [0, 0.05) is 11.4 Å². The SMILES string of the molecule is CCCNCc1scc(C)c1S(=O)(=O)NCC(F)(F)F. The molecule has 0 aliphatic heterocycles. The molecule has 1 aromatic rings. The Morgan fingerprint density at radius 3 is 2.55 bits per heavy atom. The number of halogens is 3. The summed E-state index contributed by atoms with van der Waals surface area (Å²) in [7, 11) is -4.15. The van der Waals surface area contributed by atoms with Gasteiger partial charge in [-0.25, -0.2) is 13.1 Å². The van der Waals surface area contributed by atoms with Crippen LogP contribution in [0, 0.1) is 6.92 Å². The molecule has 1 rings (SSSR count). The van der Waals surface area contributed by atoms with Crippen LogP contribution in [0.15, 0.2) is 10.3 Å². The van der Waals surface area contributed by atoms with Crippen LogP contribution in [-0.4, -0.2) is 27.7 Å². The highest BCUT2D eigenvalue weighted by Crippen LogP contribution is 2.27. The van der Waals surface area contributed by atoms with Crippen LogP contribution in [0.5, 0.6) is 0 Å². The molecule has 4 nitrogen and oxygen atoms in total. The van der Waals surface area contributed by atoms with Crippen molar-refractivity contribution in [3.63, 3.8) is 0 Å². The van der Waals surface area contributed by atoms with Crippen LogP contribution < -0.4 is 10.0 Å². The fourth-order valence-electron chi connectivity index (χ4n) is 1.60. The lowest BCUT2D eigenvalue weighted by Gasteiger charge is -2.11. The molecule has 0 aliphatic carbocycles. The number of sulfonamides is 1. The number of hydrogen-bond acceptors (Lipinski definition) is 4. The summed E-state index contributed by atoms with van der Waals surface area (Å²) in [5.74, 6) is 0. The molecule has 0 atom stereocenters. The van der Waals surface area contributed by atoms with Gasteiger partial charge in [0.15, 0.2) is 0 Å². The van der Waals surface area contributed by atoms with Crippen LogP contribution in [0.2, 0.25) is 0 Å². The Morgan fingerprint density at radius 1 is 1.35 bits per heavy atom. The molecule has 0 unspecified atom stereocenters. The molecular weight excluding hydrogens is 313 g/mol. The average Bonchev–Trinajstić information content (AvgIpc) is 2.69. The number of thiophene rings is 1. The molecular formula is C11H17F3N2O2S2. The van der Waals surface area contributed by atoms with E-state index < -0.39 is 22.7 Å². The van der Waals surface area contributed by atoms with E-state index in [4.69, 9.17) is 0 Å². The molecule has 116 valence electrons. The predicted molar refractivity (Wildman–Crippen MR) is 72.3 cm³/mol. The van der Waals surface area contributed by atoms with Crippen LogP contribution in [-0.2, 0) is 16.6 Å². The first-order chi connectivity index (χ1) is 9.17. The molecule has 1 heterocycles. The van der Waals surface area contributed by atoms with Crippen LogP contribution in [0.4, 0.5) is 13.2 Å². The highest BCUT2D eigenvalue weighted by molar-refractivity contribution is 7.89. The second kappa shape index (κ2) is 6.88. The van der Waals surface area contributed by atoms with Crippen molar-refractivity contribution in [2.75, 3.05) is 13.1 Å². The van der Waals surface area contributed by atoms with E-state index in [0.29, 0.717) is 23.5 Å². The molecule has 0 spiro atoms. The lowest BCUT2D eigenvalue weighted by Crippen LogP contribution is -2.34. The second-order valence-corrected chi connectivity index (χ2v) is 6.96. The predicted octanol–water partition coefficient (Wildman–Crippen LogP) is 2.40. The maximum Gasteiger partial charge on any atom is 0.402 e. The van der Waals surface area contributed by atoms with Crippen molar-refractivity contribution in [2.24, 2.45) is 0 Å². The number of hydrogen-bond donors (Lipinski definition) is 2. The van der Waals surface area contributed by atoms with E-state index in [9.17, 15) is 21.6 Å². The zero-order chi connectivity index (χ0) is 15.4. The number of aryl methyl sites for hydroxylation is 1. The van der Waals surface area contributed by atoms with Gasteiger partial charge in [0.25, 0.3) is 0 Å². The van der Waals surface area contributed by atoms with Gasteiger partial charge < -0.3 is 5.32 Å². The normalized spacial score (nSPS) is 12.8. The van der Waals surface area contributed by atoms with Crippen molar-refractivity contribution >= 4 is 21.4 Å². The van der Waals surface area contributed by atoms with Gasteiger partial charge in [-0.3, -0.25) is 0 Å². The first-order valence-corrected chi connectivity index (χ1v) is 8.37. The second-order valence-electron chi connectivity index (χ2n) is 4.29. The Kier molecular flexibility index (Phi) is 5.99. The Bertz CT molecular complexity index is 538. The third-order valence-electron chi connectivity index (χ3n) is 2.43. The molecule has 20 heavy (non-hydrogen) atoms. The lowest BCUT2D eigenvalue weighted by atomic mass is 10.3. The third-order valence-corrected chi connectivity index (χ3v) is 5.30. The summed E-state index contributed by atoms with van der Waals surface area (Å²) in [6.45, 7) is 3.02. The highest BCUT2D eigenvalue weighted by atomic mass is 32.2. The molecule has 1 aromatic heterocycles. The zero-order valence-electron chi connectivity index (χ0n) is 11.2. The first kappa shape index (κ1) is 17.4. The van der Waals surface area contributed by atoms with Gasteiger partial charge in [-0.1, -0.05) is 6.92 Å². The highest BCUT2D eigenvalue weighted by Gasteiger charge is 2.31. The molecule has 0 fully saturated rings. The Morgan fingerprint density at radius 2 is 2.00 bits per heavy atom. The van der Waals surface area contributed by atoms with Gasteiger partial charge >= 0.3 is 6.18 Å². The van der Waals surface area contributed by atoms with E-state index in [2.05, 4.69) is 5.32 Å². The maximum atomic E-state index is 12.1. The summed E-state index contributed by atoms with van der Waals surface area (Å²) in [5, 5.41) is 4.68. The summed E-state index contributed by atoms with van der Waals surface area (Å²) in [6.07, 6.45) is -3.68. The molecule has 0 saturated heterocycles. The van der Waals surface area contributed by atoms with E-state index in [0.717, 1.165) is 6.42 Å². The molecule has 9 heteroatoms. The summed E-state index contributed by atoms with van der Waals surface area (Å²) in [6, 6.07) is 0. The Balaban J connectivity index is 2.90. The van der Waals surface area contributed by atoms with Gasteiger partial charge in [0.2, 0.25) is 10.0 Å². The largest absolute Gasteiger partial charge is 0.402 e. The molecule has 0 aliphatic rings. The van der Waals surface area contributed by atoms with E-state index in [1.54, 1.807) is 17.0 Å². The topological polar surface area (TPSA) is 58.2 Å². The van der Waals surface area contributed by atoms with E-state index in [1.165, 1.54) is 11.3 Å². The molecule has 2 N–H and O–H groups in total. The van der Waals surface area contributed by atoms with Crippen molar-refractivity contribution < 1.29 is 21.6 Å². The first-order valence-electron chi connectivity index (χ1n) is 6.01. The number of alkyl halides is 3. The molecule has 0 bridgehead atoms. The molecule has 0 aromatic carbocycles. The fraction of sp³-hybridized carbons (Fsp3) is 0.636. The minimum absolute atomic E-state index is 0.0460. The summed E-state index contributed by atoms with van der Waals surface area (Å²) in [5.41, 5.74) is 0.456. The number of nitrogens with one attached hydrogen (secondary N) is 2. The lowest BCUT2D eigenvalue weighted by molar-refractivity contribution is -0.121. The van der Waals surface area contributed by atoms with Crippen LogP contribution in [0.1, 0.15) is 23.8 Å². The third kappa shape index (κ3) is 5.04. The average molecular weight is 330 g/mol. The smallest absolute Gasteiger partial charge is 0.312 e. The molecule has 0 radical (unpaired) electrons. The minimum atomic E-state index is -4.57. The van der Waals surface area contributed by atoms with E-state index >= 15 is 0 Å². The Labute approximate surface area is 120 Å².